The lowest BCUT2D eigenvalue weighted by Gasteiger charge is -2.11. The molecule has 0 atom stereocenters. The Kier molecular flexibility index (Phi) is 12.2. The highest BCUT2D eigenvalue weighted by Crippen LogP contribution is 2.29. The number of allylic oxidation sites excluding steroid dienone is 2. The highest BCUT2D eigenvalue weighted by molar-refractivity contribution is 6.10. The van der Waals surface area contributed by atoms with Crippen molar-refractivity contribution in [1.82, 2.24) is 0 Å². The maximum atomic E-state index is 12.3. The lowest BCUT2D eigenvalue weighted by Crippen LogP contribution is -2.02. The van der Waals surface area contributed by atoms with Gasteiger partial charge in [-0.1, -0.05) is 51.0 Å². The molecule has 0 aromatic heterocycles. The summed E-state index contributed by atoms with van der Waals surface area (Å²) in [6.45, 7) is 5.45. The van der Waals surface area contributed by atoms with Crippen molar-refractivity contribution in [3.05, 3.63) is 59.7 Å². The van der Waals surface area contributed by atoms with Gasteiger partial charge < -0.3 is 18.9 Å². The zero-order valence-corrected chi connectivity index (χ0v) is 21.2. The van der Waals surface area contributed by atoms with Crippen molar-refractivity contribution in [3.8, 4) is 23.0 Å². The highest BCUT2D eigenvalue weighted by Gasteiger charge is 2.08. The summed E-state index contributed by atoms with van der Waals surface area (Å²) in [5, 5.41) is 0. The average Bonchev–Trinajstić information content (AvgIpc) is 2.87. The van der Waals surface area contributed by atoms with E-state index in [1.165, 1.54) is 12.2 Å². The van der Waals surface area contributed by atoms with Gasteiger partial charge in [-0.3, -0.25) is 9.59 Å². The Morgan fingerprint density at radius 1 is 0.686 bits per heavy atom. The number of rotatable bonds is 16. The summed E-state index contributed by atoms with van der Waals surface area (Å²) in [6.07, 6.45) is 9.97. The Morgan fingerprint density at radius 2 is 1.11 bits per heavy atom. The molecule has 0 amide bonds. The van der Waals surface area contributed by atoms with Crippen molar-refractivity contribution in [2.24, 2.45) is 0 Å². The monoisotopic (exact) mass is 480 g/mol. The van der Waals surface area contributed by atoms with Crippen LogP contribution in [0.4, 0.5) is 0 Å². The molecule has 0 aliphatic rings. The number of benzene rings is 2. The van der Waals surface area contributed by atoms with Gasteiger partial charge in [0.05, 0.1) is 33.9 Å². The first-order valence-electron chi connectivity index (χ1n) is 12.0. The maximum absolute atomic E-state index is 12.3. The van der Waals surface area contributed by atoms with Gasteiger partial charge in [0.2, 0.25) is 0 Å². The highest BCUT2D eigenvalue weighted by atomic mass is 16.5. The Hall–Kier alpha value is -3.54. The summed E-state index contributed by atoms with van der Waals surface area (Å²) in [5.41, 5.74) is 1.57. The third kappa shape index (κ3) is 9.69. The third-order valence-electron chi connectivity index (χ3n) is 5.16. The number of hydrogen-bond donors (Lipinski definition) is 0. The molecule has 0 fully saturated rings. The molecule has 2 aromatic rings. The average molecular weight is 481 g/mol. The molecule has 2 aromatic carbocycles. The molecule has 0 radical (unpaired) electrons. The first-order valence-corrected chi connectivity index (χ1v) is 12.0. The van der Waals surface area contributed by atoms with Crippen molar-refractivity contribution < 1.29 is 28.5 Å². The Balaban J connectivity index is 1.93. The van der Waals surface area contributed by atoms with Crippen LogP contribution >= 0.6 is 0 Å². The van der Waals surface area contributed by atoms with Crippen LogP contribution in [0.1, 0.15) is 57.1 Å². The molecule has 0 saturated carbocycles. The van der Waals surface area contributed by atoms with E-state index in [1.54, 1.807) is 38.5 Å². The minimum atomic E-state index is -0.279. The van der Waals surface area contributed by atoms with E-state index in [0.29, 0.717) is 36.2 Å². The number of unbranched alkanes of at least 4 members (excludes halogenated alkanes) is 2. The molecule has 0 spiro atoms. The van der Waals surface area contributed by atoms with Crippen molar-refractivity contribution in [1.29, 1.82) is 0 Å². The van der Waals surface area contributed by atoms with Crippen molar-refractivity contribution in [3.63, 3.8) is 0 Å². The fourth-order valence-corrected chi connectivity index (χ4v) is 3.14. The zero-order valence-electron chi connectivity index (χ0n) is 21.2. The normalized spacial score (nSPS) is 11.1. The van der Waals surface area contributed by atoms with E-state index in [0.717, 1.165) is 36.8 Å². The molecule has 35 heavy (non-hydrogen) atoms. The second-order valence-corrected chi connectivity index (χ2v) is 8.00. The van der Waals surface area contributed by atoms with Gasteiger partial charge in [0, 0.05) is 0 Å². The van der Waals surface area contributed by atoms with Gasteiger partial charge in [-0.25, -0.2) is 0 Å². The molecule has 6 nitrogen and oxygen atoms in total. The van der Waals surface area contributed by atoms with E-state index >= 15 is 0 Å². The molecule has 0 bridgehead atoms. The molecular weight excluding hydrogens is 444 g/mol. The van der Waals surface area contributed by atoms with Crippen LogP contribution in [0.2, 0.25) is 0 Å². The maximum Gasteiger partial charge on any atom is 0.163 e. The number of methoxy groups -OCH3 is 2. The predicted octanol–water partition coefficient (Wildman–Crippen LogP) is 6.32. The van der Waals surface area contributed by atoms with Crippen LogP contribution in [0.5, 0.6) is 23.0 Å². The van der Waals surface area contributed by atoms with E-state index < -0.39 is 0 Å². The largest absolute Gasteiger partial charge is 0.493 e. The minimum absolute atomic E-state index is 0.211. The van der Waals surface area contributed by atoms with Gasteiger partial charge >= 0.3 is 0 Å². The topological polar surface area (TPSA) is 71.1 Å². The van der Waals surface area contributed by atoms with Crippen molar-refractivity contribution in [2.45, 2.75) is 46.0 Å². The zero-order chi connectivity index (χ0) is 25.5. The Labute approximate surface area is 208 Å². The first-order chi connectivity index (χ1) is 17.0. The van der Waals surface area contributed by atoms with Crippen molar-refractivity contribution in [2.75, 3.05) is 27.4 Å². The lowest BCUT2D eigenvalue weighted by atomic mass is 10.1. The summed E-state index contributed by atoms with van der Waals surface area (Å²) in [5.74, 6) is 1.99. The standard InChI is InChI=1S/C29H36O6/c1-5-7-17-34-26-15-11-22(19-28(26)32-3)9-13-24(30)21-25(31)14-10-23-12-16-27(29(20-23)33-4)35-18-8-6-2/h9-16,19-20H,5-8,17-18,21H2,1-4H3. The number of ketones is 2. The van der Waals surface area contributed by atoms with Crippen LogP contribution in [0.25, 0.3) is 12.2 Å². The van der Waals surface area contributed by atoms with Gasteiger partial charge in [-0.05, 0) is 60.4 Å². The van der Waals surface area contributed by atoms with Gasteiger partial charge in [-0.15, -0.1) is 0 Å². The van der Waals surface area contributed by atoms with E-state index in [4.69, 9.17) is 18.9 Å². The number of hydrogen-bond acceptors (Lipinski definition) is 6. The quantitative estimate of drug-likeness (QED) is 0.159. The molecule has 0 aliphatic heterocycles. The molecular formula is C29H36O6. The minimum Gasteiger partial charge on any atom is -0.493 e. The smallest absolute Gasteiger partial charge is 0.163 e. The summed E-state index contributed by atoms with van der Waals surface area (Å²) in [7, 11) is 3.16. The van der Waals surface area contributed by atoms with E-state index in [-0.39, 0.29) is 18.0 Å². The predicted molar refractivity (Wildman–Crippen MR) is 139 cm³/mol. The molecule has 188 valence electrons. The SMILES string of the molecule is CCCCOc1ccc(C=CC(=O)CC(=O)C=Cc2ccc(OCCCC)c(OC)c2)cc1OC. The van der Waals surface area contributed by atoms with E-state index in [1.807, 2.05) is 24.3 Å². The molecule has 6 heteroatoms. The fourth-order valence-electron chi connectivity index (χ4n) is 3.14. The molecule has 0 N–H and O–H groups in total. The summed E-state index contributed by atoms with van der Waals surface area (Å²) >= 11 is 0. The van der Waals surface area contributed by atoms with Crippen LogP contribution in [0.3, 0.4) is 0 Å². The summed E-state index contributed by atoms with van der Waals surface area (Å²) in [4.78, 5) is 24.5. The second-order valence-electron chi connectivity index (χ2n) is 8.00. The number of carbonyl (C=O) groups is 2. The van der Waals surface area contributed by atoms with E-state index in [9.17, 15) is 9.59 Å². The first kappa shape index (κ1) is 27.7. The van der Waals surface area contributed by atoms with Gasteiger partial charge in [0.1, 0.15) is 0 Å². The molecule has 2 rings (SSSR count). The fraction of sp³-hybridized carbons (Fsp3) is 0.379. The summed E-state index contributed by atoms with van der Waals surface area (Å²) < 4.78 is 22.2. The van der Waals surface area contributed by atoms with Crippen LogP contribution in [0, 0.1) is 0 Å². The number of ether oxygens (including phenoxy) is 4. The van der Waals surface area contributed by atoms with Crippen LogP contribution in [-0.2, 0) is 9.59 Å². The van der Waals surface area contributed by atoms with Gasteiger partial charge in [-0.2, -0.15) is 0 Å². The Bertz CT molecular complexity index is 940. The van der Waals surface area contributed by atoms with Gasteiger partial charge in [0.25, 0.3) is 0 Å². The molecule has 0 heterocycles. The summed E-state index contributed by atoms with van der Waals surface area (Å²) in [6, 6.07) is 10.9. The van der Waals surface area contributed by atoms with Crippen LogP contribution in [0.15, 0.2) is 48.6 Å². The molecule has 0 saturated heterocycles. The third-order valence-corrected chi connectivity index (χ3v) is 5.16. The van der Waals surface area contributed by atoms with Crippen LogP contribution in [-0.4, -0.2) is 39.0 Å². The van der Waals surface area contributed by atoms with Crippen LogP contribution < -0.4 is 18.9 Å². The Morgan fingerprint density at radius 3 is 1.49 bits per heavy atom. The second kappa shape index (κ2) is 15.4. The van der Waals surface area contributed by atoms with Crippen molar-refractivity contribution >= 4 is 23.7 Å². The lowest BCUT2D eigenvalue weighted by molar-refractivity contribution is -0.121. The molecule has 0 aliphatic carbocycles. The van der Waals surface area contributed by atoms with Gasteiger partial charge in [0.15, 0.2) is 34.6 Å². The number of carbonyl (C=O) groups excluding carboxylic acids is 2. The van der Waals surface area contributed by atoms with E-state index in [2.05, 4.69) is 13.8 Å². The molecule has 0 unspecified atom stereocenters.